The summed E-state index contributed by atoms with van der Waals surface area (Å²) >= 11 is 0. The normalized spacial score (nSPS) is 10.9. The Kier molecular flexibility index (Phi) is 8.57. The maximum atomic E-state index is 13.4. The predicted octanol–water partition coefficient (Wildman–Crippen LogP) is 7.34. The van der Waals surface area contributed by atoms with Crippen LogP contribution in [-0.4, -0.2) is 25.1 Å². The van der Waals surface area contributed by atoms with Crippen LogP contribution in [0.1, 0.15) is 47.3 Å². The summed E-state index contributed by atoms with van der Waals surface area (Å²) in [5, 5.41) is 4.02. The topological polar surface area (TPSA) is 77.8 Å². The third-order valence-corrected chi connectivity index (χ3v) is 6.56. The molecule has 0 atom stereocenters. The Labute approximate surface area is 233 Å². The zero-order valence-corrected chi connectivity index (χ0v) is 22.3. The largest absolute Gasteiger partial charge is 0.493 e. The van der Waals surface area contributed by atoms with Gasteiger partial charge in [0.2, 0.25) is 0 Å². The summed E-state index contributed by atoms with van der Waals surface area (Å²) in [7, 11) is 0. The van der Waals surface area contributed by atoms with Gasteiger partial charge in [-0.15, -0.1) is 0 Å². The van der Waals surface area contributed by atoms with Gasteiger partial charge < -0.3 is 19.2 Å². The average Bonchev–Trinajstić information content (AvgIpc) is 3.43. The SMILES string of the molecule is CCOC(=O)CCCOc1ccccc1-c1cc2cc(C(=O)NC(c3ccccc3)c3ccccc3)ccc2o1. The van der Waals surface area contributed by atoms with E-state index >= 15 is 0 Å². The van der Waals surface area contributed by atoms with Crippen LogP contribution in [0.3, 0.4) is 0 Å². The highest BCUT2D eigenvalue weighted by Gasteiger charge is 2.19. The molecule has 1 amide bonds. The number of para-hydroxylation sites is 1. The lowest BCUT2D eigenvalue weighted by atomic mass is 9.98. The number of amides is 1. The van der Waals surface area contributed by atoms with Crippen LogP contribution in [0, 0.1) is 0 Å². The Bertz CT molecular complexity index is 1540. The minimum absolute atomic E-state index is 0.173. The van der Waals surface area contributed by atoms with Crippen molar-refractivity contribution < 1.29 is 23.5 Å². The molecule has 40 heavy (non-hydrogen) atoms. The van der Waals surface area contributed by atoms with E-state index in [0.717, 1.165) is 22.1 Å². The average molecular weight is 534 g/mol. The van der Waals surface area contributed by atoms with E-state index in [4.69, 9.17) is 13.9 Å². The molecule has 0 aliphatic heterocycles. The molecule has 0 saturated heterocycles. The van der Waals surface area contributed by atoms with Gasteiger partial charge in [-0.25, -0.2) is 0 Å². The van der Waals surface area contributed by atoms with Crippen molar-refractivity contribution in [2.45, 2.75) is 25.8 Å². The maximum absolute atomic E-state index is 13.4. The molecule has 6 nitrogen and oxygen atoms in total. The fraction of sp³-hybridized carbons (Fsp3) is 0.176. The Balaban J connectivity index is 1.34. The number of hydrogen-bond acceptors (Lipinski definition) is 5. The van der Waals surface area contributed by atoms with Gasteiger partial charge in [0, 0.05) is 17.4 Å². The zero-order valence-electron chi connectivity index (χ0n) is 22.3. The number of benzene rings is 4. The first kappa shape index (κ1) is 26.8. The molecule has 0 fully saturated rings. The lowest BCUT2D eigenvalue weighted by Gasteiger charge is -2.20. The van der Waals surface area contributed by atoms with Crippen LogP contribution < -0.4 is 10.1 Å². The number of ether oxygens (including phenoxy) is 2. The van der Waals surface area contributed by atoms with Crippen LogP contribution in [0.25, 0.3) is 22.3 Å². The summed E-state index contributed by atoms with van der Waals surface area (Å²) in [5.74, 6) is 0.903. The summed E-state index contributed by atoms with van der Waals surface area (Å²) in [4.78, 5) is 25.0. The van der Waals surface area contributed by atoms with Crippen LogP contribution in [0.5, 0.6) is 5.75 Å². The summed E-state index contributed by atoms with van der Waals surface area (Å²) in [5.41, 5.74) is 4.03. The number of hydrogen-bond donors (Lipinski definition) is 1. The molecule has 0 bridgehead atoms. The van der Waals surface area contributed by atoms with Crippen molar-refractivity contribution in [3.8, 4) is 17.1 Å². The molecule has 1 N–H and O–H groups in total. The molecule has 1 aromatic heterocycles. The number of rotatable bonds is 11. The number of fused-ring (bicyclic) bond motifs is 1. The van der Waals surface area contributed by atoms with Crippen LogP contribution in [0.2, 0.25) is 0 Å². The molecule has 4 aromatic carbocycles. The molecule has 0 spiro atoms. The van der Waals surface area contributed by atoms with Crippen molar-refractivity contribution in [1.82, 2.24) is 5.32 Å². The van der Waals surface area contributed by atoms with E-state index in [9.17, 15) is 9.59 Å². The van der Waals surface area contributed by atoms with Gasteiger partial charge in [-0.3, -0.25) is 9.59 Å². The van der Waals surface area contributed by atoms with Crippen LogP contribution >= 0.6 is 0 Å². The lowest BCUT2D eigenvalue weighted by molar-refractivity contribution is -0.143. The van der Waals surface area contributed by atoms with Gasteiger partial charge >= 0.3 is 5.97 Å². The first-order valence-electron chi connectivity index (χ1n) is 13.4. The summed E-state index contributed by atoms with van der Waals surface area (Å²) < 4.78 is 17.1. The monoisotopic (exact) mass is 533 g/mol. The van der Waals surface area contributed by atoms with Crippen molar-refractivity contribution >= 4 is 22.8 Å². The van der Waals surface area contributed by atoms with Crippen LogP contribution in [0.15, 0.2) is 114 Å². The molecule has 1 heterocycles. The first-order chi connectivity index (χ1) is 19.6. The maximum Gasteiger partial charge on any atom is 0.305 e. The molecule has 202 valence electrons. The van der Waals surface area contributed by atoms with E-state index in [1.165, 1.54) is 0 Å². The Morgan fingerprint density at radius 3 is 2.20 bits per heavy atom. The standard InChI is InChI=1S/C34H31NO5/c1-2-38-32(36)18-11-21-39-30-17-10-9-16-28(30)31-23-27-22-26(19-20-29(27)40-31)34(37)35-33(24-12-5-3-6-13-24)25-14-7-4-8-15-25/h3-10,12-17,19-20,22-23,33H,2,11,18,21H2,1H3,(H,35,37). The summed E-state index contributed by atoms with van der Waals surface area (Å²) in [6, 6.07) is 34.5. The van der Waals surface area contributed by atoms with Crippen molar-refractivity contribution in [3.05, 3.63) is 126 Å². The second kappa shape index (κ2) is 12.8. The highest BCUT2D eigenvalue weighted by molar-refractivity contribution is 5.99. The number of carbonyl (C=O) groups is 2. The second-order valence-corrected chi connectivity index (χ2v) is 9.34. The van der Waals surface area contributed by atoms with E-state index in [0.29, 0.717) is 48.7 Å². The number of carbonyl (C=O) groups excluding carboxylic acids is 2. The Hall–Kier alpha value is -4.84. The smallest absolute Gasteiger partial charge is 0.305 e. The fourth-order valence-corrected chi connectivity index (χ4v) is 4.61. The molecule has 0 saturated carbocycles. The molecular weight excluding hydrogens is 502 g/mol. The van der Waals surface area contributed by atoms with Gasteiger partial charge in [0.25, 0.3) is 5.91 Å². The van der Waals surface area contributed by atoms with Gasteiger partial charge in [-0.1, -0.05) is 72.8 Å². The van der Waals surface area contributed by atoms with E-state index in [1.807, 2.05) is 103 Å². The number of furan rings is 1. The first-order valence-corrected chi connectivity index (χ1v) is 13.4. The van der Waals surface area contributed by atoms with Gasteiger partial charge in [0.15, 0.2) is 0 Å². The Morgan fingerprint density at radius 2 is 1.50 bits per heavy atom. The van der Waals surface area contributed by atoms with E-state index < -0.39 is 0 Å². The minimum atomic E-state index is -0.279. The molecule has 5 aromatic rings. The number of nitrogens with one attached hydrogen (secondary N) is 1. The molecule has 0 aliphatic carbocycles. The highest BCUT2D eigenvalue weighted by Crippen LogP contribution is 2.34. The van der Waals surface area contributed by atoms with Crippen molar-refractivity contribution in [2.24, 2.45) is 0 Å². The van der Waals surface area contributed by atoms with Crippen LogP contribution in [-0.2, 0) is 9.53 Å². The minimum Gasteiger partial charge on any atom is -0.493 e. The molecule has 0 unspecified atom stereocenters. The molecular formula is C34H31NO5. The Morgan fingerprint density at radius 1 is 0.825 bits per heavy atom. The van der Waals surface area contributed by atoms with Crippen molar-refractivity contribution in [1.29, 1.82) is 0 Å². The third kappa shape index (κ3) is 6.41. The predicted molar refractivity (Wildman–Crippen MR) is 155 cm³/mol. The van der Waals surface area contributed by atoms with E-state index in [-0.39, 0.29) is 17.9 Å². The van der Waals surface area contributed by atoms with Gasteiger partial charge in [0.1, 0.15) is 17.1 Å². The molecule has 5 rings (SSSR count). The van der Waals surface area contributed by atoms with E-state index in [2.05, 4.69) is 5.32 Å². The van der Waals surface area contributed by atoms with Crippen molar-refractivity contribution in [2.75, 3.05) is 13.2 Å². The fourth-order valence-electron chi connectivity index (χ4n) is 4.61. The van der Waals surface area contributed by atoms with E-state index in [1.54, 1.807) is 13.0 Å². The molecule has 0 aliphatic rings. The summed E-state index contributed by atoms with van der Waals surface area (Å²) in [6.45, 7) is 2.54. The molecule has 0 radical (unpaired) electrons. The highest BCUT2D eigenvalue weighted by atomic mass is 16.5. The quantitative estimate of drug-likeness (QED) is 0.142. The van der Waals surface area contributed by atoms with Gasteiger partial charge in [0.05, 0.1) is 24.8 Å². The zero-order chi connectivity index (χ0) is 27.7. The lowest BCUT2D eigenvalue weighted by Crippen LogP contribution is -2.29. The van der Waals surface area contributed by atoms with Gasteiger partial charge in [-0.05, 0) is 60.9 Å². The third-order valence-electron chi connectivity index (χ3n) is 6.56. The second-order valence-electron chi connectivity index (χ2n) is 9.34. The molecule has 6 heteroatoms. The summed E-state index contributed by atoms with van der Waals surface area (Å²) in [6.07, 6.45) is 0.861. The number of esters is 1. The van der Waals surface area contributed by atoms with Gasteiger partial charge in [-0.2, -0.15) is 0 Å². The van der Waals surface area contributed by atoms with Crippen molar-refractivity contribution in [3.63, 3.8) is 0 Å². The van der Waals surface area contributed by atoms with Crippen LogP contribution in [0.4, 0.5) is 0 Å².